The Hall–Kier alpha value is -2.16. The van der Waals surface area contributed by atoms with Gasteiger partial charge in [-0.15, -0.1) is 0 Å². The van der Waals surface area contributed by atoms with E-state index in [0.717, 1.165) is 11.6 Å². The number of nitrogens with one attached hydrogen (secondary N) is 1. The molecule has 17 heavy (non-hydrogen) atoms. The second-order valence-electron chi connectivity index (χ2n) is 3.57. The van der Waals surface area contributed by atoms with E-state index in [2.05, 4.69) is 18.5 Å². The maximum atomic E-state index is 12.6. The van der Waals surface area contributed by atoms with Gasteiger partial charge in [-0.2, -0.15) is 0 Å². The van der Waals surface area contributed by atoms with Crippen LogP contribution in [0.1, 0.15) is 5.56 Å². The lowest BCUT2D eigenvalue weighted by Crippen LogP contribution is -2.13. The SMILES string of the molecule is C=C/C(=C\C(=C)F)C(=O)Nc1cccc(C)c1. The van der Waals surface area contributed by atoms with Gasteiger partial charge < -0.3 is 5.32 Å². The fourth-order valence-corrected chi connectivity index (χ4v) is 1.31. The average molecular weight is 231 g/mol. The molecule has 0 saturated heterocycles. The van der Waals surface area contributed by atoms with Gasteiger partial charge in [0.25, 0.3) is 5.91 Å². The molecule has 1 aromatic rings. The van der Waals surface area contributed by atoms with Crippen molar-refractivity contribution in [2.24, 2.45) is 0 Å². The zero-order chi connectivity index (χ0) is 12.8. The predicted molar refractivity (Wildman–Crippen MR) is 68.3 cm³/mol. The molecule has 1 aromatic carbocycles. The molecule has 0 fully saturated rings. The molecule has 0 atom stereocenters. The van der Waals surface area contributed by atoms with Crippen molar-refractivity contribution in [1.82, 2.24) is 0 Å². The smallest absolute Gasteiger partial charge is 0.255 e. The van der Waals surface area contributed by atoms with E-state index in [1.54, 1.807) is 6.07 Å². The number of hydrogen-bond acceptors (Lipinski definition) is 1. The quantitative estimate of drug-likeness (QED) is 0.623. The lowest BCUT2D eigenvalue weighted by atomic mass is 10.2. The van der Waals surface area contributed by atoms with Crippen LogP contribution >= 0.6 is 0 Å². The van der Waals surface area contributed by atoms with Gasteiger partial charge in [-0.05, 0) is 30.7 Å². The van der Waals surface area contributed by atoms with Crippen LogP contribution in [0.4, 0.5) is 10.1 Å². The Morgan fingerprint density at radius 1 is 1.47 bits per heavy atom. The van der Waals surface area contributed by atoms with Gasteiger partial charge in [0.2, 0.25) is 0 Å². The van der Waals surface area contributed by atoms with Gasteiger partial charge in [-0.3, -0.25) is 4.79 Å². The van der Waals surface area contributed by atoms with Gasteiger partial charge in [0.1, 0.15) is 5.83 Å². The van der Waals surface area contributed by atoms with Crippen LogP contribution in [-0.2, 0) is 4.79 Å². The van der Waals surface area contributed by atoms with Crippen molar-refractivity contribution in [3.8, 4) is 0 Å². The minimum absolute atomic E-state index is 0.138. The third kappa shape index (κ3) is 4.07. The third-order valence-corrected chi connectivity index (χ3v) is 2.07. The summed E-state index contributed by atoms with van der Waals surface area (Å²) in [6.45, 7) is 8.45. The molecule has 0 unspecified atom stereocenters. The molecule has 0 heterocycles. The van der Waals surface area contributed by atoms with E-state index in [1.807, 2.05) is 25.1 Å². The minimum Gasteiger partial charge on any atom is -0.322 e. The zero-order valence-corrected chi connectivity index (χ0v) is 9.66. The molecule has 1 N–H and O–H groups in total. The molecule has 88 valence electrons. The summed E-state index contributed by atoms with van der Waals surface area (Å²) in [5.41, 5.74) is 1.83. The number of carbonyl (C=O) groups is 1. The second-order valence-corrected chi connectivity index (χ2v) is 3.57. The zero-order valence-electron chi connectivity index (χ0n) is 9.66. The number of hydrogen-bond donors (Lipinski definition) is 1. The van der Waals surface area contributed by atoms with Crippen molar-refractivity contribution in [1.29, 1.82) is 0 Å². The Balaban J connectivity index is 2.85. The summed E-state index contributed by atoms with van der Waals surface area (Å²) in [5.74, 6) is -1.09. The number of amides is 1. The largest absolute Gasteiger partial charge is 0.322 e. The van der Waals surface area contributed by atoms with Gasteiger partial charge in [0, 0.05) is 11.3 Å². The molecule has 0 aromatic heterocycles. The van der Waals surface area contributed by atoms with Crippen molar-refractivity contribution >= 4 is 11.6 Å². The lowest BCUT2D eigenvalue weighted by Gasteiger charge is -2.06. The second kappa shape index (κ2) is 5.80. The van der Waals surface area contributed by atoms with Crippen molar-refractivity contribution in [2.45, 2.75) is 6.92 Å². The van der Waals surface area contributed by atoms with Crippen molar-refractivity contribution < 1.29 is 9.18 Å². The Labute approximate surface area is 100 Å². The molecule has 0 saturated carbocycles. The molecule has 0 radical (unpaired) electrons. The normalized spacial score (nSPS) is 10.8. The Bertz CT molecular complexity index is 489. The van der Waals surface area contributed by atoms with Crippen LogP contribution in [-0.4, -0.2) is 5.91 Å². The molecule has 2 nitrogen and oxygen atoms in total. The fourth-order valence-electron chi connectivity index (χ4n) is 1.31. The molecule has 0 bridgehead atoms. The van der Waals surface area contributed by atoms with Crippen molar-refractivity contribution in [3.05, 3.63) is 66.5 Å². The van der Waals surface area contributed by atoms with Crippen molar-refractivity contribution in [3.63, 3.8) is 0 Å². The van der Waals surface area contributed by atoms with E-state index in [4.69, 9.17) is 0 Å². The highest BCUT2D eigenvalue weighted by Gasteiger charge is 2.06. The van der Waals surface area contributed by atoms with Crippen LogP contribution in [0, 0.1) is 6.92 Å². The molecule has 1 rings (SSSR count). The highest BCUT2D eigenvalue weighted by atomic mass is 19.1. The van der Waals surface area contributed by atoms with Crippen LogP contribution in [0.5, 0.6) is 0 Å². The summed E-state index contributed by atoms with van der Waals surface area (Å²) in [4.78, 5) is 11.7. The van der Waals surface area contributed by atoms with E-state index in [-0.39, 0.29) is 5.57 Å². The van der Waals surface area contributed by atoms with E-state index in [9.17, 15) is 9.18 Å². The molecule has 0 spiro atoms. The van der Waals surface area contributed by atoms with Gasteiger partial charge in [0.15, 0.2) is 0 Å². The maximum Gasteiger partial charge on any atom is 0.255 e. The number of rotatable bonds is 4. The van der Waals surface area contributed by atoms with E-state index >= 15 is 0 Å². The first-order chi connectivity index (χ1) is 8.02. The number of allylic oxidation sites excluding steroid dienone is 2. The highest BCUT2D eigenvalue weighted by Crippen LogP contribution is 2.12. The topological polar surface area (TPSA) is 29.1 Å². The number of aryl methyl sites for hydroxylation is 1. The number of carbonyl (C=O) groups excluding carboxylic acids is 1. The molecular weight excluding hydrogens is 217 g/mol. The summed E-state index contributed by atoms with van der Waals surface area (Å²) in [5, 5.41) is 2.65. The molecule has 0 aliphatic rings. The molecule has 1 amide bonds. The Morgan fingerprint density at radius 3 is 2.71 bits per heavy atom. The summed E-state index contributed by atoms with van der Waals surface area (Å²) >= 11 is 0. The predicted octanol–water partition coefficient (Wildman–Crippen LogP) is 3.53. The third-order valence-electron chi connectivity index (χ3n) is 2.07. The Morgan fingerprint density at radius 2 is 2.18 bits per heavy atom. The number of benzene rings is 1. The van der Waals surface area contributed by atoms with Crippen LogP contribution in [0.15, 0.2) is 61.0 Å². The van der Waals surface area contributed by atoms with E-state index in [1.165, 1.54) is 6.08 Å². The standard InChI is InChI=1S/C14H14FNO/c1-4-12(9-11(3)15)14(17)16-13-7-5-6-10(2)8-13/h4-9H,1,3H2,2H3,(H,16,17)/b12-9+. The first-order valence-electron chi connectivity index (χ1n) is 5.09. The monoisotopic (exact) mass is 231 g/mol. The first-order valence-corrected chi connectivity index (χ1v) is 5.09. The molecular formula is C14H14FNO. The van der Waals surface area contributed by atoms with E-state index < -0.39 is 11.7 Å². The number of halogens is 1. The van der Waals surface area contributed by atoms with Crippen LogP contribution in [0.2, 0.25) is 0 Å². The lowest BCUT2D eigenvalue weighted by molar-refractivity contribution is -0.112. The fraction of sp³-hybridized carbons (Fsp3) is 0.0714. The van der Waals surface area contributed by atoms with Crippen molar-refractivity contribution in [2.75, 3.05) is 5.32 Å². The maximum absolute atomic E-state index is 12.6. The molecule has 0 aliphatic heterocycles. The van der Waals surface area contributed by atoms with Crippen LogP contribution in [0.3, 0.4) is 0 Å². The number of anilines is 1. The average Bonchev–Trinajstić information content (AvgIpc) is 2.25. The summed E-state index contributed by atoms with van der Waals surface area (Å²) in [6.07, 6.45) is 2.33. The first kappa shape index (κ1) is 12.9. The van der Waals surface area contributed by atoms with Gasteiger partial charge >= 0.3 is 0 Å². The molecule has 3 heteroatoms. The Kier molecular flexibility index (Phi) is 4.40. The summed E-state index contributed by atoms with van der Waals surface area (Å²) in [6, 6.07) is 7.33. The highest BCUT2D eigenvalue weighted by molar-refractivity contribution is 6.05. The van der Waals surface area contributed by atoms with Gasteiger partial charge in [-0.25, -0.2) is 4.39 Å². The van der Waals surface area contributed by atoms with E-state index in [0.29, 0.717) is 5.69 Å². The van der Waals surface area contributed by atoms with Gasteiger partial charge in [0.05, 0.1) is 0 Å². The summed E-state index contributed by atoms with van der Waals surface area (Å²) in [7, 11) is 0. The van der Waals surface area contributed by atoms with Crippen LogP contribution < -0.4 is 5.32 Å². The van der Waals surface area contributed by atoms with Crippen LogP contribution in [0.25, 0.3) is 0 Å². The summed E-state index contributed by atoms with van der Waals surface area (Å²) < 4.78 is 12.6. The minimum atomic E-state index is -0.681. The molecule has 0 aliphatic carbocycles. The van der Waals surface area contributed by atoms with Gasteiger partial charge in [-0.1, -0.05) is 31.4 Å².